The monoisotopic (exact) mass is 383 g/mol. The molecule has 1 heterocycles. The summed E-state index contributed by atoms with van der Waals surface area (Å²) in [5, 5.41) is 2.81. The first-order chi connectivity index (χ1) is 13.0. The number of benzene rings is 2. The predicted molar refractivity (Wildman–Crippen MR) is 104 cm³/mol. The van der Waals surface area contributed by atoms with Gasteiger partial charge in [0.15, 0.2) is 5.76 Å². The fourth-order valence-corrected chi connectivity index (χ4v) is 3.73. The Morgan fingerprint density at radius 3 is 2.70 bits per heavy atom. The van der Waals surface area contributed by atoms with E-state index in [-0.39, 0.29) is 17.4 Å². The lowest BCUT2D eigenvalue weighted by molar-refractivity contribution is 0.0921. The molecule has 0 spiro atoms. The van der Waals surface area contributed by atoms with Crippen molar-refractivity contribution in [1.29, 1.82) is 0 Å². The average Bonchev–Trinajstić information content (AvgIpc) is 3.15. The molecule has 6 heteroatoms. The van der Waals surface area contributed by atoms with E-state index in [9.17, 15) is 9.00 Å². The summed E-state index contributed by atoms with van der Waals surface area (Å²) in [5.41, 5.74) is 1.98. The van der Waals surface area contributed by atoms with Crippen LogP contribution in [0.1, 0.15) is 27.4 Å². The SMILES string of the molecule is COc1cccc(CNC(=O)c2ccc(C[S@](=O)c3cccc(C)c3)o2)c1. The van der Waals surface area contributed by atoms with Crippen LogP contribution in [-0.2, 0) is 23.1 Å². The molecule has 0 bridgehead atoms. The third kappa shape index (κ3) is 5.08. The zero-order valence-corrected chi connectivity index (χ0v) is 16.0. The Balaban J connectivity index is 1.59. The number of amides is 1. The number of furan rings is 1. The molecule has 0 aliphatic carbocycles. The minimum absolute atomic E-state index is 0.203. The summed E-state index contributed by atoms with van der Waals surface area (Å²) in [4.78, 5) is 13.0. The average molecular weight is 383 g/mol. The first-order valence-electron chi connectivity index (χ1n) is 8.50. The molecule has 0 aliphatic rings. The molecular weight excluding hydrogens is 362 g/mol. The lowest BCUT2D eigenvalue weighted by Crippen LogP contribution is -2.22. The standard InChI is InChI=1S/C21H21NO4S/c1-15-5-3-8-19(11-15)27(24)14-18-9-10-20(26-18)21(23)22-13-16-6-4-7-17(12-16)25-2/h3-12H,13-14H2,1-2H3,(H,22,23)/t27-/m0/s1. The number of nitrogens with one attached hydrogen (secondary N) is 1. The lowest BCUT2D eigenvalue weighted by atomic mass is 10.2. The van der Waals surface area contributed by atoms with Crippen LogP contribution in [0, 0.1) is 6.92 Å². The Hall–Kier alpha value is -2.86. The summed E-state index contributed by atoms with van der Waals surface area (Å²) in [7, 11) is 0.379. The summed E-state index contributed by atoms with van der Waals surface area (Å²) in [6.45, 7) is 2.32. The molecule has 0 saturated heterocycles. The number of methoxy groups -OCH3 is 1. The van der Waals surface area contributed by atoms with E-state index in [4.69, 9.17) is 9.15 Å². The second kappa shape index (κ2) is 8.68. The molecule has 27 heavy (non-hydrogen) atoms. The molecule has 3 aromatic rings. The highest BCUT2D eigenvalue weighted by Crippen LogP contribution is 2.17. The Kier molecular flexibility index (Phi) is 6.08. The summed E-state index contributed by atoms with van der Waals surface area (Å²) in [5.74, 6) is 1.37. The Bertz CT molecular complexity index is 964. The summed E-state index contributed by atoms with van der Waals surface area (Å²) < 4.78 is 23.2. The van der Waals surface area contributed by atoms with Crippen molar-refractivity contribution in [1.82, 2.24) is 5.32 Å². The fraction of sp³-hybridized carbons (Fsp3) is 0.190. The topological polar surface area (TPSA) is 68.5 Å². The lowest BCUT2D eigenvalue weighted by Gasteiger charge is -2.06. The first kappa shape index (κ1) is 18.9. The molecule has 1 aromatic heterocycles. The van der Waals surface area contributed by atoms with E-state index in [1.54, 1.807) is 19.2 Å². The molecular formula is C21H21NO4S. The van der Waals surface area contributed by atoms with Gasteiger partial charge in [-0.05, 0) is 54.4 Å². The Morgan fingerprint density at radius 1 is 1.11 bits per heavy atom. The van der Waals surface area contributed by atoms with Crippen molar-refractivity contribution in [3.8, 4) is 5.75 Å². The van der Waals surface area contributed by atoms with Gasteiger partial charge in [-0.15, -0.1) is 0 Å². The quantitative estimate of drug-likeness (QED) is 0.673. The number of carbonyl (C=O) groups excluding carboxylic acids is 1. The molecule has 0 unspecified atom stereocenters. The van der Waals surface area contributed by atoms with Crippen molar-refractivity contribution >= 4 is 16.7 Å². The number of rotatable bonds is 7. The van der Waals surface area contributed by atoms with E-state index in [0.29, 0.717) is 12.3 Å². The van der Waals surface area contributed by atoms with Crippen LogP contribution in [0.3, 0.4) is 0 Å². The van der Waals surface area contributed by atoms with Crippen molar-refractivity contribution in [3.05, 3.63) is 83.3 Å². The van der Waals surface area contributed by atoms with Crippen LogP contribution in [0.25, 0.3) is 0 Å². The van der Waals surface area contributed by atoms with E-state index >= 15 is 0 Å². The van der Waals surface area contributed by atoms with Gasteiger partial charge in [-0.3, -0.25) is 9.00 Å². The first-order valence-corrected chi connectivity index (χ1v) is 9.82. The third-order valence-corrected chi connectivity index (χ3v) is 5.32. The molecule has 0 aliphatic heterocycles. The molecule has 1 N–H and O–H groups in total. The highest BCUT2D eigenvalue weighted by molar-refractivity contribution is 7.84. The molecule has 1 amide bonds. The summed E-state index contributed by atoms with van der Waals surface area (Å²) in [6.07, 6.45) is 0. The molecule has 2 aromatic carbocycles. The predicted octanol–water partition coefficient (Wildman–Crippen LogP) is 3.83. The largest absolute Gasteiger partial charge is 0.497 e. The van der Waals surface area contributed by atoms with E-state index in [0.717, 1.165) is 21.8 Å². The van der Waals surface area contributed by atoms with Gasteiger partial charge in [-0.2, -0.15) is 0 Å². The molecule has 5 nitrogen and oxygen atoms in total. The summed E-state index contributed by atoms with van der Waals surface area (Å²) in [6, 6.07) is 18.3. The van der Waals surface area contributed by atoms with Crippen molar-refractivity contribution in [2.45, 2.75) is 24.1 Å². The molecule has 1 atom stereocenters. The van der Waals surface area contributed by atoms with Crippen LogP contribution in [0.5, 0.6) is 5.75 Å². The van der Waals surface area contributed by atoms with Crippen molar-refractivity contribution < 1.29 is 18.2 Å². The van der Waals surface area contributed by atoms with E-state index < -0.39 is 10.8 Å². The number of aryl methyl sites for hydroxylation is 1. The van der Waals surface area contributed by atoms with Gasteiger partial charge in [0.25, 0.3) is 5.91 Å². The zero-order valence-electron chi connectivity index (χ0n) is 15.2. The second-order valence-electron chi connectivity index (χ2n) is 6.11. The van der Waals surface area contributed by atoms with E-state index in [1.807, 2.05) is 55.5 Å². The fourth-order valence-electron chi connectivity index (χ4n) is 2.60. The van der Waals surface area contributed by atoms with Gasteiger partial charge in [-0.25, -0.2) is 0 Å². The van der Waals surface area contributed by atoms with Crippen LogP contribution in [0.15, 0.2) is 70.0 Å². The van der Waals surface area contributed by atoms with Crippen LogP contribution in [0.2, 0.25) is 0 Å². The van der Waals surface area contributed by atoms with Crippen molar-refractivity contribution in [3.63, 3.8) is 0 Å². The van der Waals surface area contributed by atoms with Gasteiger partial charge in [0.2, 0.25) is 0 Å². The van der Waals surface area contributed by atoms with Crippen molar-refractivity contribution in [2.24, 2.45) is 0 Å². The smallest absolute Gasteiger partial charge is 0.287 e. The van der Waals surface area contributed by atoms with Gasteiger partial charge >= 0.3 is 0 Å². The van der Waals surface area contributed by atoms with Crippen molar-refractivity contribution in [2.75, 3.05) is 7.11 Å². The maximum Gasteiger partial charge on any atom is 0.287 e. The highest BCUT2D eigenvalue weighted by atomic mass is 32.2. The van der Waals surface area contributed by atoms with Gasteiger partial charge in [0.1, 0.15) is 11.5 Å². The number of carbonyl (C=O) groups is 1. The maximum atomic E-state index is 12.5. The normalized spacial score (nSPS) is 11.8. The second-order valence-corrected chi connectivity index (χ2v) is 7.56. The maximum absolute atomic E-state index is 12.5. The number of hydrogen-bond donors (Lipinski definition) is 1. The molecule has 0 fully saturated rings. The van der Waals surface area contributed by atoms with Crippen LogP contribution < -0.4 is 10.1 Å². The van der Waals surface area contributed by atoms with Gasteiger partial charge in [0, 0.05) is 11.4 Å². The zero-order chi connectivity index (χ0) is 19.2. The minimum atomic E-state index is -1.22. The molecule has 0 saturated carbocycles. The molecule has 140 valence electrons. The van der Waals surface area contributed by atoms with Gasteiger partial charge < -0.3 is 14.5 Å². The van der Waals surface area contributed by atoms with E-state index in [1.165, 1.54) is 0 Å². The Labute approximate surface area is 160 Å². The minimum Gasteiger partial charge on any atom is -0.497 e. The van der Waals surface area contributed by atoms with E-state index in [2.05, 4.69) is 5.32 Å². The van der Waals surface area contributed by atoms with Crippen LogP contribution in [0.4, 0.5) is 0 Å². The van der Waals surface area contributed by atoms with Crippen LogP contribution >= 0.6 is 0 Å². The number of hydrogen-bond acceptors (Lipinski definition) is 4. The van der Waals surface area contributed by atoms with Gasteiger partial charge in [0.05, 0.1) is 23.7 Å². The third-order valence-electron chi connectivity index (χ3n) is 4.00. The number of ether oxygens (including phenoxy) is 1. The highest BCUT2D eigenvalue weighted by Gasteiger charge is 2.14. The summed E-state index contributed by atoms with van der Waals surface area (Å²) >= 11 is 0. The molecule has 3 rings (SSSR count). The van der Waals surface area contributed by atoms with Crippen LogP contribution in [-0.4, -0.2) is 17.2 Å². The Morgan fingerprint density at radius 2 is 1.93 bits per heavy atom. The van der Waals surface area contributed by atoms with Gasteiger partial charge in [-0.1, -0.05) is 24.3 Å². The molecule has 0 radical (unpaired) electrons.